The zero-order valence-corrected chi connectivity index (χ0v) is 38.6. The van der Waals surface area contributed by atoms with Gasteiger partial charge in [-0.1, -0.05) is 172 Å². The maximum Gasteiger partial charge on any atom is 0.306 e. The quantitative estimate of drug-likeness (QED) is 0.0359. The summed E-state index contributed by atoms with van der Waals surface area (Å²) in [6.07, 6.45) is 34.8. The van der Waals surface area contributed by atoms with Crippen LogP contribution >= 0.6 is 15.9 Å². The summed E-state index contributed by atoms with van der Waals surface area (Å²) in [4.78, 5) is 50.8. The van der Waals surface area contributed by atoms with Gasteiger partial charge in [0.2, 0.25) is 11.8 Å². The van der Waals surface area contributed by atoms with Gasteiger partial charge in [0.05, 0.1) is 6.04 Å². The van der Waals surface area contributed by atoms with Crippen molar-refractivity contribution in [2.24, 2.45) is 0 Å². The number of hydrogen-bond donors (Lipinski definition) is 2. The van der Waals surface area contributed by atoms with Crippen LogP contribution in [-0.4, -0.2) is 53.9 Å². The molecule has 0 aromatic rings. The van der Waals surface area contributed by atoms with E-state index in [1.807, 2.05) is 0 Å². The Morgan fingerprint density at radius 1 is 0.429 bits per heavy atom. The first-order valence-corrected chi connectivity index (χ1v) is 24.9. The standard InChI is InChI=1S/C47H89BrN2O6/c1-5-9-13-17-21-25-31-42(32-26-22-18-14-10-6-2)55-46(53)37-29-35-44(51)49-40-41(39-48)50-45(52)36-30-38-47(54)56-43(33-27-23-19-15-11-7-3)34-28-24-20-16-12-8-4/h41-43H,5-40H2,1-4H3,(H,49,51)(H,50,52). The molecule has 9 heteroatoms. The molecule has 0 bridgehead atoms. The first kappa shape index (κ1) is 54.4. The number of esters is 2. The van der Waals surface area contributed by atoms with Crippen molar-refractivity contribution >= 4 is 39.7 Å². The highest BCUT2D eigenvalue weighted by Crippen LogP contribution is 2.19. The van der Waals surface area contributed by atoms with E-state index in [0.29, 0.717) is 24.7 Å². The van der Waals surface area contributed by atoms with Gasteiger partial charge in [0.1, 0.15) is 12.2 Å². The molecule has 1 atom stereocenters. The van der Waals surface area contributed by atoms with Gasteiger partial charge in [-0.05, 0) is 64.2 Å². The van der Waals surface area contributed by atoms with Crippen LogP contribution in [0.15, 0.2) is 0 Å². The largest absolute Gasteiger partial charge is 0.462 e. The van der Waals surface area contributed by atoms with Gasteiger partial charge in [-0.3, -0.25) is 19.2 Å². The molecule has 0 aliphatic heterocycles. The Labute approximate surface area is 353 Å². The predicted octanol–water partition coefficient (Wildman–Crippen LogP) is 13.1. The SMILES string of the molecule is CCCCCCCCC(CCCCCCCC)OC(=O)CCCC(=O)NCC(CBr)NC(=O)CCCC(=O)OC(CCCCCCCC)CCCCCCCC. The minimum Gasteiger partial charge on any atom is -0.462 e. The first-order chi connectivity index (χ1) is 27.3. The van der Waals surface area contributed by atoms with Gasteiger partial charge in [-0.25, -0.2) is 0 Å². The molecule has 0 fully saturated rings. The van der Waals surface area contributed by atoms with Crippen LogP contribution in [0.4, 0.5) is 0 Å². The van der Waals surface area contributed by atoms with E-state index >= 15 is 0 Å². The molecule has 0 aromatic carbocycles. The number of unbranched alkanes of at least 4 members (excludes halogenated alkanes) is 20. The molecule has 56 heavy (non-hydrogen) atoms. The third-order valence-electron chi connectivity index (χ3n) is 10.8. The fourth-order valence-corrected chi connectivity index (χ4v) is 7.57. The number of carbonyl (C=O) groups is 4. The lowest BCUT2D eigenvalue weighted by molar-refractivity contribution is -0.151. The van der Waals surface area contributed by atoms with E-state index in [-0.39, 0.29) is 67.7 Å². The second-order valence-corrected chi connectivity index (χ2v) is 17.0. The highest BCUT2D eigenvalue weighted by Gasteiger charge is 2.18. The van der Waals surface area contributed by atoms with Crippen LogP contribution in [0.2, 0.25) is 0 Å². The van der Waals surface area contributed by atoms with E-state index in [9.17, 15) is 19.2 Å². The third kappa shape index (κ3) is 36.7. The number of ether oxygens (including phenoxy) is 2. The summed E-state index contributed by atoms with van der Waals surface area (Å²) in [5.74, 6) is -0.709. The number of rotatable bonds is 42. The predicted molar refractivity (Wildman–Crippen MR) is 238 cm³/mol. The molecule has 0 saturated carbocycles. The Kier molecular flexibility index (Phi) is 40.3. The summed E-state index contributed by atoms with van der Waals surface area (Å²) in [7, 11) is 0. The van der Waals surface area contributed by atoms with E-state index in [1.165, 1.54) is 128 Å². The molecule has 0 aliphatic rings. The number of carbonyl (C=O) groups excluding carboxylic acids is 4. The highest BCUT2D eigenvalue weighted by molar-refractivity contribution is 9.09. The van der Waals surface area contributed by atoms with Crippen LogP contribution in [-0.2, 0) is 28.7 Å². The van der Waals surface area contributed by atoms with Crippen molar-refractivity contribution in [2.75, 3.05) is 11.9 Å². The number of alkyl halides is 1. The fraction of sp³-hybridized carbons (Fsp3) is 0.915. The van der Waals surface area contributed by atoms with Gasteiger partial charge in [0, 0.05) is 37.6 Å². The zero-order chi connectivity index (χ0) is 41.3. The van der Waals surface area contributed by atoms with Crippen molar-refractivity contribution in [3.05, 3.63) is 0 Å². The topological polar surface area (TPSA) is 111 Å². The average Bonchev–Trinajstić information content (AvgIpc) is 3.18. The summed E-state index contributed by atoms with van der Waals surface area (Å²) in [5.41, 5.74) is 0. The van der Waals surface area contributed by atoms with Crippen molar-refractivity contribution in [2.45, 2.75) is 264 Å². The Morgan fingerprint density at radius 3 is 1.09 bits per heavy atom. The molecule has 2 amide bonds. The number of amides is 2. The van der Waals surface area contributed by atoms with E-state index in [0.717, 1.165) is 51.4 Å². The number of hydrogen-bond acceptors (Lipinski definition) is 6. The fourth-order valence-electron chi connectivity index (χ4n) is 7.18. The molecule has 0 aromatic heterocycles. The van der Waals surface area contributed by atoms with Gasteiger partial charge < -0.3 is 20.1 Å². The monoisotopic (exact) mass is 857 g/mol. The molecule has 8 nitrogen and oxygen atoms in total. The van der Waals surface area contributed by atoms with Gasteiger partial charge in [0.15, 0.2) is 0 Å². The normalized spacial score (nSPS) is 11.9. The molecule has 1 unspecified atom stereocenters. The van der Waals surface area contributed by atoms with Crippen LogP contribution in [0.1, 0.15) is 246 Å². The van der Waals surface area contributed by atoms with Gasteiger partial charge in [0.25, 0.3) is 0 Å². The number of nitrogens with one attached hydrogen (secondary N) is 2. The maximum atomic E-state index is 12.7. The molecule has 0 saturated heterocycles. The summed E-state index contributed by atoms with van der Waals surface area (Å²) >= 11 is 3.45. The summed E-state index contributed by atoms with van der Waals surface area (Å²) < 4.78 is 11.8. The lowest BCUT2D eigenvalue weighted by Gasteiger charge is -2.19. The van der Waals surface area contributed by atoms with Crippen LogP contribution in [0.25, 0.3) is 0 Å². The van der Waals surface area contributed by atoms with Crippen LogP contribution in [0, 0.1) is 0 Å². The Bertz CT molecular complexity index is 902. The highest BCUT2D eigenvalue weighted by atomic mass is 79.9. The summed E-state index contributed by atoms with van der Waals surface area (Å²) in [5, 5.41) is 6.35. The lowest BCUT2D eigenvalue weighted by atomic mass is 10.0. The Hall–Kier alpha value is -1.64. The van der Waals surface area contributed by atoms with E-state index in [2.05, 4.69) is 54.3 Å². The Balaban J connectivity index is 4.50. The number of halogens is 1. The van der Waals surface area contributed by atoms with Crippen molar-refractivity contribution in [1.29, 1.82) is 0 Å². The van der Waals surface area contributed by atoms with E-state index < -0.39 is 0 Å². The van der Waals surface area contributed by atoms with Crippen molar-refractivity contribution in [3.63, 3.8) is 0 Å². The maximum absolute atomic E-state index is 12.7. The first-order valence-electron chi connectivity index (χ1n) is 23.8. The smallest absolute Gasteiger partial charge is 0.306 e. The lowest BCUT2D eigenvalue weighted by Crippen LogP contribution is -2.44. The van der Waals surface area contributed by atoms with Crippen LogP contribution < -0.4 is 10.6 Å². The van der Waals surface area contributed by atoms with Crippen LogP contribution in [0.5, 0.6) is 0 Å². The van der Waals surface area contributed by atoms with Crippen LogP contribution in [0.3, 0.4) is 0 Å². The zero-order valence-electron chi connectivity index (χ0n) is 37.0. The molecule has 0 heterocycles. The van der Waals surface area contributed by atoms with Crippen molar-refractivity contribution < 1.29 is 28.7 Å². The van der Waals surface area contributed by atoms with E-state index in [4.69, 9.17) is 9.47 Å². The summed E-state index contributed by atoms with van der Waals surface area (Å²) in [6.45, 7) is 9.21. The molecule has 2 N–H and O–H groups in total. The molecule has 0 spiro atoms. The Morgan fingerprint density at radius 2 is 0.750 bits per heavy atom. The summed E-state index contributed by atoms with van der Waals surface area (Å²) in [6, 6.07) is -0.271. The second kappa shape index (κ2) is 41.5. The molecular weight excluding hydrogens is 768 g/mol. The molecular formula is C47H89BrN2O6. The average molecular weight is 858 g/mol. The molecule has 0 radical (unpaired) electrons. The van der Waals surface area contributed by atoms with Gasteiger partial charge in [-0.2, -0.15) is 0 Å². The van der Waals surface area contributed by atoms with E-state index in [1.54, 1.807) is 0 Å². The molecule has 330 valence electrons. The second-order valence-electron chi connectivity index (χ2n) is 16.4. The van der Waals surface area contributed by atoms with Crippen molar-refractivity contribution in [1.82, 2.24) is 10.6 Å². The third-order valence-corrected chi connectivity index (χ3v) is 11.6. The van der Waals surface area contributed by atoms with Gasteiger partial charge in [-0.15, -0.1) is 0 Å². The minimum atomic E-state index is -0.271. The molecule has 0 rings (SSSR count). The molecule has 0 aliphatic carbocycles. The minimum absolute atomic E-state index is 0.0238. The van der Waals surface area contributed by atoms with Crippen molar-refractivity contribution in [3.8, 4) is 0 Å². The van der Waals surface area contributed by atoms with Gasteiger partial charge >= 0.3 is 11.9 Å².